The predicted octanol–water partition coefficient (Wildman–Crippen LogP) is 3.91. The Morgan fingerprint density at radius 2 is 2.04 bits per heavy atom. The fraction of sp³-hybridized carbons (Fsp3) is 0.421. The van der Waals surface area contributed by atoms with E-state index in [0.717, 1.165) is 24.1 Å². The number of carboxylic acid groups (broad SMARTS) is 1. The molecule has 2 rings (SSSR count). The zero-order chi connectivity index (χ0) is 19.0. The van der Waals surface area contributed by atoms with E-state index in [1.54, 1.807) is 12.1 Å². The van der Waals surface area contributed by atoms with Crippen LogP contribution in [0.2, 0.25) is 5.02 Å². The number of rotatable bonds is 10. The Balaban J connectivity index is 1.78. The lowest BCUT2D eigenvalue weighted by Crippen LogP contribution is -2.26. The number of unbranched alkanes of at least 4 members (excludes halogenated alkanes) is 1. The number of sulfonamides is 1. The molecule has 1 atom stereocenters. The van der Waals surface area contributed by atoms with Gasteiger partial charge in [0.25, 0.3) is 0 Å². The minimum atomic E-state index is -3.38. The van der Waals surface area contributed by atoms with E-state index in [0.29, 0.717) is 24.3 Å². The van der Waals surface area contributed by atoms with Gasteiger partial charge in [0, 0.05) is 17.1 Å². The highest BCUT2D eigenvalue weighted by molar-refractivity contribution is 7.89. The zero-order valence-electron chi connectivity index (χ0n) is 14.5. The van der Waals surface area contributed by atoms with Crippen molar-refractivity contribution in [2.24, 2.45) is 5.92 Å². The fourth-order valence-corrected chi connectivity index (χ4v) is 4.08. The lowest BCUT2D eigenvalue weighted by Gasteiger charge is -2.08. The number of nitrogens with one attached hydrogen (secondary N) is 1. The fourth-order valence-electron chi connectivity index (χ4n) is 2.78. The maximum Gasteiger partial charge on any atom is 0.303 e. The van der Waals surface area contributed by atoms with E-state index in [1.807, 2.05) is 30.4 Å². The van der Waals surface area contributed by atoms with Crippen molar-refractivity contribution >= 4 is 27.6 Å². The van der Waals surface area contributed by atoms with Crippen LogP contribution in [0.3, 0.4) is 0 Å². The first kappa shape index (κ1) is 20.5. The molecule has 26 heavy (non-hydrogen) atoms. The highest BCUT2D eigenvalue weighted by Crippen LogP contribution is 2.24. The Morgan fingerprint density at radius 1 is 1.31 bits per heavy atom. The Labute approximate surface area is 159 Å². The largest absolute Gasteiger partial charge is 0.481 e. The van der Waals surface area contributed by atoms with Gasteiger partial charge in [-0.3, -0.25) is 9.52 Å². The molecule has 142 valence electrons. The number of hydrogen-bond donors (Lipinski definition) is 2. The summed E-state index contributed by atoms with van der Waals surface area (Å²) in [6.45, 7) is 0. The molecule has 1 aliphatic carbocycles. The van der Waals surface area contributed by atoms with Crippen LogP contribution in [0.15, 0.2) is 48.2 Å². The smallest absolute Gasteiger partial charge is 0.303 e. The van der Waals surface area contributed by atoms with E-state index in [9.17, 15) is 13.2 Å². The highest BCUT2D eigenvalue weighted by atomic mass is 35.5. The molecule has 1 aromatic carbocycles. The first-order valence-electron chi connectivity index (χ1n) is 8.68. The van der Waals surface area contributed by atoms with Gasteiger partial charge in [-0.1, -0.05) is 42.0 Å². The second kappa shape index (κ2) is 9.78. The van der Waals surface area contributed by atoms with Crippen LogP contribution in [0.1, 0.15) is 37.7 Å². The average Bonchev–Trinajstić information content (AvgIpc) is 3.00. The number of benzene rings is 1. The third-order valence-corrected chi connectivity index (χ3v) is 5.73. The molecule has 7 heteroatoms. The minimum Gasteiger partial charge on any atom is -0.481 e. The second-order valence-corrected chi connectivity index (χ2v) is 8.68. The summed E-state index contributed by atoms with van der Waals surface area (Å²) in [5, 5.41) is 9.22. The van der Waals surface area contributed by atoms with Crippen LogP contribution in [0.25, 0.3) is 0 Å². The maximum absolute atomic E-state index is 12.2. The van der Waals surface area contributed by atoms with E-state index in [-0.39, 0.29) is 18.1 Å². The first-order valence-corrected chi connectivity index (χ1v) is 10.7. The average molecular weight is 398 g/mol. The molecular formula is C19H24ClNO4S. The van der Waals surface area contributed by atoms with Crippen molar-refractivity contribution in [1.29, 1.82) is 0 Å². The van der Waals surface area contributed by atoms with Crippen molar-refractivity contribution in [1.82, 2.24) is 4.72 Å². The van der Waals surface area contributed by atoms with Crippen LogP contribution in [0, 0.1) is 5.92 Å². The number of hydrogen-bond acceptors (Lipinski definition) is 3. The standard InChI is InChI=1S/C19H24ClNO4S/c20-17-9-6-15(7-10-17)12-13-26(24,25)21-18-11-8-16(14-18)4-2-1-3-5-19(22)23/h2,4,6-7,9-10,14,16,21H,1,3,5,8,11-13H2,(H,22,23). The molecule has 5 nitrogen and oxygen atoms in total. The molecule has 0 radical (unpaired) electrons. The molecule has 2 N–H and O–H groups in total. The van der Waals surface area contributed by atoms with E-state index in [1.165, 1.54) is 0 Å². The molecule has 0 amide bonds. The van der Waals surface area contributed by atoms with Gasteiger partial charge in [0.1, 0.15) is 0 Å². The van der Waals surface area contributed by atoms with Crippen molar-refractivity contribution in [2.75, 3.05) is 5.75 Å². The SMILES string of the molecule is O=C(O)CCCC=CC1C=C(NS(=O)(=O)CCc2ccc(Cl)cc2)CC1. The summed E-state index contributed by atoms with van der Waals surface area (Å²) in [7, 11) is -3.38. The summed E-state index contributed by atoms with van der Waals surface area (Å²) in [6.07, 6.45) is 9.45. The predicted molar refractivity (Wildman–Crippen MR) is 104 cm³/mol. The third kappa shape index (κ3) is 7.62. The summed E-state index contributed by atoms with van der Waals surface area (Å²) in [4.78, 5) is 10.4. The molecule has 1 aliphatic rings. The quantitative estimate of drug-likeness (QED) is 0.463. The van der Waals surface area contributed by atoms with Gasteiger partial charge in [0.05, 0.1) is 5.75 Å². The number of carboxylic acids is 1. The van der Waals surface area contributed by atoms with Crippen LogP contribution < -0.4 is 4.72 Å². The van der Waals surface area contributed by atoms with E-state index >= 15 is 0 Å². The van der Waals surface area contributed by atoms with E-state index < -0.39 is 16.0 Å². The molecule has 0 saturated heterocycles. The number of carbonyl (C=O) groups is 1. The number of aryl methyl sites for hydroxylation is 1. The van der Waals surface area contributed by atoms with Gasteiger partial charge in [-0.25, -0.2) is 8.42 Å². The van der Waals surface area contributed by atoms with Crippen LogP contribution >= 0.6 is 11.6 Å². The molecule has 1 aromatic rings. The van der Waals surface area contributed by atoms with Gasteiger partial charge in [0.2, 0.25) is 10.0 Å². The molecule has 0 heterocycles. The van der Waals surface area contributed by atoms with Gasteiger partial charge >= 0.3 is 5.97 Å². The molecule has 0 spiro atoms. The molecule has 0 aromatic heterocycles. The molecular weight excluding hydrogens is 374 g/mol. The monoisotopic (exact) mass is 397 g/mol. The topological polar surface area (TPSA) is 83.5 Å². The van der Waals surface area contributed by atoms with Crippen molar-refractivity contribution in [3.05, 3.63) is 58.8 Å². The molecule has 0 saturated carbocycles. The summed E-state index contributed by atoms with van der Waals surface area (Å²) >= 11 is 5.83. The minimum absolute atomic E-state index is 0.0294. The first-order chi connectivity index (χ1) is 12.3. The van der Waals surface area contributed by atoms with Crippen molar-refractivity contribution in [3.8, 4) is 0 Å². The third-order valence-electron chi connectivity index (χ3n) is 4.17. The van der Waals surface area contributed by atoms with Gasteiger partial charge < -0.3 is 5.11 Å². The van der Waals surface area contributed by atoms with Gasteiger partial charge in [-0.2, -0.15) is 0 Å². The van der Waals surface area contributed by atoms with Crippen molar-refractivity contribution in [2.45, 2.75) is 38.5 Å². The van der Waals surface area contributed by atoms with E-state index in [2.05, 4.69) is 4.72 Å². The van der Waals surface area contributed by atoms with Crippen LogP contribution in [-0.2, 0) is 21.2 Å². The highest BCUT2D eigenvalue weighted by Gasteiger charge is 2.18. The second-order valence-electron chi connectivity index (χ2n) is 6.41. The van der Waals surface area contributed by atoms with Gasteiger partial charge in [-0.15, -0.1) is 0 Å². The molecule has 0 aliphatic heterocycles. The van der Waals surface area contributed by atoms with Crippen LogP contribution in [0.5, 0.6) is 0 Å². The summed E-state index contributed by atoms with van der Waals surface area (Å²) in [5.41, 5.74) is 1.67. The molecule has 0 fully saturated rings. The van der Waals surface area contributed by atoms with E-state index in [4.69, 9.17) is 16.7 Å². The Hall–Kier alpha value is -1.79. The van der Waals surface area contributed by atoms with Gasteiger partial charge in [-0.05, 0) is 55.7 Å². The Morgan fingerprint density at radius 3 is 2.73 bits per heavy atom. The lowest BCUT2D eigenvalue weighted by atomic mass is 10.1. The van der Waals surface area contributed by atoms with Crippen molar-refractivity contribution < 1.29 is 18.3 Å². The molecule has 0 bridgehead atoms. The van der Waals surface area contributed by atoms with Crippen LogP contribution in [0.4, 0.5) is 0 Å². The number of aliphatic carboxylic acids is 1. The molecule has 1 unspecified atom stereocenters. The van der Waals surface area contributed by atoms with Crippen molar-refractivity contribution in [3.63, 3.8) is 0 Å². The summed E-state index contributed by atoms with van der Waals surface area (Å²) < 4.78 is 27.2. The number of allylic oxidation sites excluding steroid dienone is 4. The normalized spacial score (nSPS) is 17.4. The van der Waals surface area contributed by atoms with Gasteiger partial charge in [0.15, 0.2) is 0 Å². The van der Waals surface area contributed by atoms with Crippen LogP contribution in [-0.4, -0.2) is 25.2 Å². The Bertz CT molecular complexity index is 769. The summed E-state index contributed by atoms with van der Waals surface area (Å²) in [6, 6.07) is 7.17. The Kier molecular flexibility index (Phi) is 7.72. The maximum atomic E-state index is 12.2. The lowest BCUT2D eigenvalue weighted by molar-refractivity contribution is -0.137. The number of halogens is 1. The summed E-state index contributed by atoms with van der Waals surface area (Å²) in [5.74, 6) is -0.551. The zero-order valence-corrected chi connectivity index (χ0v) is 16.1.